The lowest BCUT2D eigenvalue weighted by Crippen LogP contribution is -2.29. The number of rotatable bonds is 20. The first-order valence-electron chi connectivity index (χ1n) is 12.1. The summed E-state index contributed by atoms with van der Waals surface area (Å²) in [7, 11) is -4.73. The van der Waals surface area contributed by atoms with Crippen molar-refractivity contribution in [2.24, 2.45) is 0 Å². The maximum absolute atomic E-state index is 12.0. The molecule has 0 spiro atoms. The van der Waals surface area contributed by atoms with Gasteiger partial charge in [0.15, 0.2) is 6.10 Å². The first-order valence-corrected chi connectivity index (χ1v) is 13.6. The fourth-order valence-corrected chi connectivity index (χ4v) is 2.92. The lowest BCUT2D eigenvalue weighted by molar-refractivity contribution is -0.161. The predicted octanol–water partition coefficient (Wildman–Crippen LogP) is 5.88. The second-order valence-corrected chi connectivity index (χ2v) is 8.77. The fourth-order valence-electron chi connectivity index (χ4n) is 2.56. The first-order chi connectivity index (χ1) is 16.8. The number of ether oxygens (including phenoxy) is 2. The Balaban J connectivity index is 4.03. The molecule has 0 aliphatic carbocycles. The first kappa shape index (κ1) is 32.8. The monoisotopic (exact) mass is 512 g/mol. The van der Waals surface area contributed by atoms with Gasteiger partial charge in [-0.2, -0.15) is 0 Å². The summed E-state index contributed by atoms with van der Waals surface area (Å²) >= 11 is 0. The SMILES string of the molecule is CC/C=C\C/C=C\C/C=C\C/C=C\C/C=C\CCCC(=O)OC(COC(=O)CC)COP(=O)(O)O. The Morgan fingerprint density at radius 1 is 0.771 bits per heavy atom. The number of phosphoric acid groups is 1. The molecule has 0 saturated carbocycles. The van der Waals surface area contributed by atoms with Crippen molar-refractivity contribution >= 4 is 19.8 Å². The highest BCUT2D eigenvalue weighted by atomic mass is 31.2. The van der Waals surface area contributed by atoms with Gasteiger partial charge in [0, 0.05) is 12.8 Å². The van der Waals surface area contributed by atoms with Gasteiger partial charge in [0.25, 0.3) is 0 Å². The third kappa shape index (κ3) is 24.7. The van der Waals surface area contributed by atoms with Crippen molar-refractivity contribution in [1.82, 2.24) is 0 Å². The third-order valence-corrected chi connectivity index (χ3v) is 4.84. The number of esters is 2. The highest BCUT2D eigenvalue weighted by Gasteiger charge is 2.22. The van der Waals surface area contributed by atoms with E-state index < -0.39 is 32.5 Å². The van der Waals surface area contributed by atoms with Gasteiger partial charge in [-0.1, -0.05) is 74.6 Å². The minimum absolute atomic E-state index is 0.127. The molecule has 2 N–H and O–H groups in total. The Labute approximate surface area is 209 Å². The van der Waals surface area contributed by atoms with Crippen LogP contribution in [0.5, 0.6) is 0 Å². The third-order valence-electron chi connectivity index (χ3n) is 4.35. The maximum atomic E-state index is 12.0. The fraction of sp³-hybridized carbons (Fsp3) is 0.538. The second kappa shape index (κ2) is 22.2. The van der Waals surface area contributed by atoms with Crippen LogP contribution >= 0.6 is 7.82 Å². The van der Waals surface area contributed by atoms with E-state index in [1.54, 1.807) is 6.92 Å². The zero-order valence-corrected chi connectivity index (χ0v) is 21.8. The topological polar surface area (TPSA) is 119 Å². The number of carbonyl (C=O) groups is 2. The number of hydrogen-bond acceptors (Lipinski definition) is 6. The molecule has 0 heterocycles. The van der Waals surface area contributed by atoms with E-state index in [4.69, 9.17) is 19.3 Å². The molecule has 9 heteroatoms. The van der Waals surface area contributed by atoms with E-state index >= 15 is 0 Å². The van der Waals surface area contributed by atoms with Crippen LogP contribution in [0, 0.1) is 0 Å². The van der Waals surface area contributed by atoms with E-state index in [1.807, 2.05) is 12.2 Å². The zero-order chi connectivity index (χ0) is 26.2. The van der Waals surface area contributed by atoms with Crippen molar-refractivity contribution in [3.05, 3.63) is 60.8 Å². The molecule has 8 nitrogen and oxygen atoms in total. The Morgan fingerprint density at radius 2 is 1.29 bits per heavy atom. The van der Waals surface area contributed by atoms with Gasteiger partial charge < -0.3 is 19.3 Å². The Hall–Kier alpha value is -2.25. The largest absolute Gasteiger partial charge is 0.469 e. The summed E-state index contributed by atoms with van der Waals surface area (Å²) < 4.78 is 25.3. The number of allylic oxidation sites excluding steroid dienone is 10. The van der Waals surface area contributed by atoms with Gasteiger partial charge in [-0.25, -0.2) is 4.57 Å². The summed E-state index contributed by atoms with van der Waals surface area (Å²) in [6.45, 7) is 2.83. The summed E-state index contributed by atoms with van der Waals surface area (Å²) in [6, 6.07) is 0. The molecule has 0 aliphatic rings. The molecule has 35 heavy (non-hydrogen) atoms. The summed E-state index contributed by atoms with van der Waals surface area (Å²) in [5, 5.41) is 0. The van der Waals surface area contributed by atoms with Gasteiger partial charge >= 0.3 is 19.8 Å². The smallest absolute Gasteiger partial charge is 0.462 e. The average molecular weight is 513 g/mol. The van der Waals surface area contributed by atoms with Crippen molar-refractivity contribution in [2.45, 2.75) is 77.7 Å². The molecule has 0 aliphatic heterocycles. The van der Waals surface area contributed by atoms with E-state index in [1.165, 1.54) is 0 Å². The molecule has 1 unspecified atom stereocenters. The van der Waals surface area contributed by atoms with Gasteiger partial charge in [0.1, 0.15) is 6.61 Å². The molecule has 0 aromatic carbocycles. The quantitative estimate of drug-likeness (QED) is 0.0898. The molecule has 0 aromatic heterocycles. The molecular weight excluding hydrogens is 471 g/mol. The van der Waals surface area contributed by atoms with Crippen LogP contribution in [0.15, 0.2) is 60.8 Å². The summed E-state index contributed by atoms with van der Waals surface area (Å²) in [6.07, 6.45) is 26.3. The summed E-state index contributed by atoms with van der Waals surface area (Å²) in [5.41, 5.74) is 0. The summed E-state index contributed by atoms with van der Waals surface area (Å²) in [5.74, 6) is -1.06. The van der Waals surface area contributed by atoms with Crippen LogP contribution in [-0.2, 0) is 28.2 Å². The lowest BCUT2D eigenvalue weighted by Gasteiger charge is -2.18. The van der Waals surface area contributed by atoms with Gasteiger partial charge in [-0.3, -0.25) is 14.1 Å². The van der Waals surface area contributed by atoms with Crippen LogP contribution in [-0.4, -0.2) is 41.0 Å². The molecule has 0 radical (unpaired) electrons. The molecule has 198 valence electrons. The average Bonchev–Trinajstić information content (AvgIpc) is 2.81. The van der Waals surface area contributed by atoms with Gasteiger partial charge in [-0.15, -0.1) is 0 Å². The number of hydrogen-bond donors (Lipinski definition) is 2. The lowest BCUT2D eigenvalue weighted by atomic mass is 10.2. The van der Waals surface area contributed by atoms with Crippen molar-refractivity contribution in [3.8, 4) is 0 Å². The molecule has 0 amide bonds. The van der Waals surface area contributed by atoms with Gasteiger partial charge in [0.05, 0.1) is 6.61 Å². The van der Waals surface area contributed by atoms with E-state index in [2.05, 4.69) is 60.1 Å². The van der Waals surface area contributed by atoms with Crippen LogP contribution < -0.4 is 0 Å². The normalized spacial score (nSPS) is 13.6. The zero-order valence-electron chi connectivity index (χ0n) is 20.9. The van der Waals surface area contributed by atoms with Crippen molar-refractivity contribution in [2.75, 3.05) is 13.2 Å². The standard InChI is InChI=1S/C26H41O8P/c1-3-5-6-7-8-9-10-11-12-13-14-15-16-17-18-19-20-21-26(28)34-24(22-32-25(27)4-2)23-33-35(29,30)31/h5-6,8-9,11-12,14-15,17-18,24H,3-4,7,10,13,16,19-23H2,1-2H3,(H2,29,30,31)/b6-5-,9-8-,12-11-,15-14-,18-17-. The minimum atomic E-state index is -4.73. The van der Waals surface area contributed by atoms with E-state index in [0.717, 1.165) is 32.1 Å². The van der Waals surface area contributed by atoms with Crippen LogP contribution in [0.4, 0.5) is 0 Å². The van der Waals surface area contributed by atoms with E-state index in [-0.39, 0.29) is 19.4 Å². The molecule has 0 aromatic rings. The number of phosphoric ester groups is 1. The van der Waals surface area contributed by atoms with Crippen LogP contribution in [0.1, 0.15) is 71.6 Å². The van der Waals surface area contributed by atoms with Crippen LogP contribution in [0.25, 0.3) is 0 Å². The Morgan fingerprint density at radius 3 is 1.77 bits per heavy atom. The number of unbranched alkanes of at least 4 members (excludes halogenated alkanes) is 1. The number of carbonyl (C=O) groups excluding carboxylic acids is 2. The Kier molecular flexibility index (Phi) is 20.8. The molecule has 0 bridgehead atoms. The highest BCUT2D eigenvalue weighted by Crippen LogP contribution is 2.35. The maximum Gasteiger partial charge on any atom is 0.469 e. The molecular formula is C26H41O8P. The minimum Gasteiger partial charge on any atom is -0.462 e. The second-order valence-electron chi connectivity index (χ2n) is 7.54. The van der Waals surface area contributed by atoms with Crippen LogP contribution in [0.3, 0.4) is 0 Å². The summed E-state index contributed by atoms with van der Waals surface area (Å²) in [4.78, 5) is 40.9. The van der Waals surface area contributed by atoms with E-state index in [9.17, 15) is 14.2 Å². The van der Waals surface area contributed by atoms with Gasteiger partial charge in [-0.05, 0) is 44.9 Å². The predicted molar refractivity (Wildman–Crippen MR) is 137 cm³/mol. The van der Waals surface area contributed by atoms with Crippen molar-refractivity contribution in [3.63, 3.8) is 0 Å². The molecule has 1 atom stereocenters. The molecule has 0 fully saturated rings. The van der Waals surface area contributed by atoms with E-state index in [0.29, 0.717) is 12.8 Å². The molecule has 0 rings (SSSR count). The van der Waals surface area contributed by atoms with Crippen LogP contribution in [0.2, 0.25) is 0 Å². The Bertz CT molecular complexity index is 761. The highest BCUT2D eigenvalue weighted by molar-refractivity contribution is 7.46. The molecule has 0 saturated heterocycles. The van der Waals surface area contributed by atoms with Crippen molar-refractivity contribution in [1.29, 1.82) is 0 Å². The van der Waals surface area contributed by atoms with Gasteiger partial charge in [0.2, 0.25) is 0 Å². The van der Waals surface area contributed by atoms with Crippen molar-refractivity contribution < 1.29 is 37.9 Å².